The molecule has 0 unspecified atom stereocenters. The molecule has 0 atom stereocenters. The van der Waals surface area contributed by atoms with Crippen molar-refractivity contribution in [3.05, 3.63) is 70.6 Å². The van der Waals surface area contributed by atoms with Crippen molar-refractivity contribution < 1.29 is 4.74 Å². The minimum Gasteiger partial charge on any atom is -0.383 e. The van der Waals surface area contributed by atoms with Crippen molar-refractivity contribution in [3.63, 3.8) is 0 Å². The molecule has 0 spiro atoms. The van der Waals surface area contributed by atoms with Crippen LogP contribution in [0, 0.1) is 0 Å². The Morgan fingerprint density at radius 1 is 0.925 bits per heavy atom. The number of nitrogens with zero attached hydrogens (tertiary/aromatic N) is 6. The second-order valence-corrected chi connectivity index (χ2v) is 11.7. The molecule has 7 rings (SSSR count). The van der Waals surface area contributed by atoms with Crippen LogP contribution in [0.5, 0.6) is 0 Å². The standard InChI is InChI=1S/C30H31Cl2N7O/c31-22-2-7-25(32)21(16-22)17-38-10-9-19-15-20(1-8-26(19)38)28-27-29(33)34-18-35-30(27)39(36-28)24-5-3-23(4-6-24)37-11-13-40-14-12-37/h1-2,7-10,15-16,18,23-24H,3-6,11-14,17H2,(H2,33,34,35). The number of morpholine rings is 1. The summed E-state index contributed by atoms with van der Waals surface area (Å²) < 4.78 is 9.84. The molecule has 10 heteroatoms. The highest BCUT2D eigenvalue weighted by Gasteiger charge is 2.30. The smallest absolute Gasteiger partial charge is 0.164 e. The molecule has 206 valence electrons. The van der Waals surface area contributed by atoms with Crippen molar-refractivity contribution in [1.82, 2.24) is 29.2 Å². The number of halogens is 2. The summed E-state index contributed by atoms with van der Waals surface area (Å²) in [6.07, 6.45) is 8.05. The highest BCUT2D eigenvalue weighted by Crippen LogP contribution is 2.38. The summed E-state index contributed by atoms with van der Waals surface area (Å²) >= 11 is 12.7. The molecule has 2 fully saturated rings. The molecule has 0 amide bonds. The number of benzene rings is 2. The third-order valence-corrected chi connectivity index (χ3v) is 9.09. The Hall–Kier alpha value is -3.17. The van der Waals surface area contributed by atoms with E-state index in [0.29, 0.717) is 28.4 Å². The van der Waals surface area contributed by atoms with E-state index >= 15 is 0 Å². The summed E-state index contributed by atoms with van der Waals surface area (Å²) in [7, 11) is 0. The summed E-state index contributed by atoms with van der Waals surface area (Å²) in [6, 6.07) is 15.0. The second kappa shape index (κ2) is 10.7. The van der Waals surface area contributed by atoms with Crippen molar-refractivity contribution >= 4 is 51.0 Å². The van der Waals surface area contributed by atoms with Gasteiger partial charge in [-0.25, -0.2) is 14.6 Å². The monoisotopic (exact) mass is 575 g/mol. The van der Waals surface area contributed by atoms with Crippen LogP contribution in [0.4, 0.5) is 5.82 Å². The number of aromatic nitrogens is 5. The summed E-state index contributed by atoms with van der Waals surface area (Å²) in [4.78, 5) is 11.6. The first-order valence-electron chi connectivity index (χ1n) is 13.9. The maximum Gasteiger partial charge on any atom is 0.164 e. The second-order valence-electron chi connectivity index (χ2n) is 10.8. The van der Waals surface area contributed by atoms with E-state index in [1.54, 1.807) is 6.33 Å². The number of anilines is 1. The van der Waals surface area contributed by atoms with Gasteiger partial charge in [0.05, 0.1) is 24.6 Å². The van der Waals surface area contributed by atoms with Gasteiger partial charge in [0.15, 0.2) is 5.65 Å². The Kier molecular flexibility index (Phi) is 6.87. The van der Waals surface area contributed by atoms with Crippen LogP contribution in [0.3, 0.4) is 0 Å². The van der Waals surface area contributed by atoms with Gasteiger partial charge in [-0.05, 0) is 67.6 Å². The first-order valence-corrected chi connectivity index (χ1v) is 14.6. The average molecular weight is 577 g/mol. The Labute approximate surface area is 242 Å². The molecule has 40 heavy (non-hydrogen) atoms. The van der Waals surface area contributed by atoms with Gasteiger partial charge in [0.1, 0.15) is 17.8 Å². The van der Waals surface area contributed by atoms with Gasteiger partial charge in [-0.15, -0.1) is 0 Å². The highest BCUT2D eigenvalue weighted by atomic mass is 35.5. The number of rotatable bonds is 5. The average Bonchev–Trinajstić information content (AvgIpc) is 3.58. The molecule has 8 nitrogen and oxygen atoms in total. The molecular formula is C30H31Cl2N7O. The van der Waals surface area contributed by atoms with E-state index in [-0.39, 0.29) is 6.04 Å². The Bertz CT molecular complexity index is 1680. The van der Waals surface area contributed by atoms with Crippen LogP contribution >= 0.6 is 23.2 Å². The van der Waals surface area contributed by atoms with E-state index in [2.05, 4.69) is 54.6 Å². The van der Waals surface area contributed by atoms with Gasteiger partial charge >= 0.3 is 0 Å². The third kappa shape index (κ3) is 4.73. The fraction of sp³-hybridized carbons (Fsp3) is 0.367. The lowest BCUT2D eigenvalue weighted by atomic mass is 9.90. The van der Waals surface area contributed by atoms with Crippen LogP contribution in [-0.2, 0) is 11.3 Å². The van der Waals surface area contributed by atoms with Crippen LogP contribution in [0.25, 0.3) is 33.2 Å². The zero-order valence-electron chi connectivity index (χ0n) is 22.1. The topological polar surface area (TPSA) is 87.0 Å². The summed E-state index contributed by atoms with van der Waals surface area (Å²) in [5.74, 6) is 0.460. The minimum atomic E-state index is 0.287. The van der Waals surface area contributed by atoms with Crippen LogP contribution in [0.15, 0.2) is 55.0 Å². The predicted molar refractivity (Wildman–Crippen MR) is 160 cm³/mol. The summed E-state index contributed by atoms with van der Waals surface area (Å²) in [6.45, 7) is 4.37. The molecule has 0 bridgehead atoms. The number of hydrogen-bond donors (Lipinski definition) is 1. The van der Waals surface area contributed by atoms with Gasteiger partial charge in [-0.1, -0.05) is 29.3 Å². The van der Waals surface area contributed by atoms with Gasteiger partial charge in [-0.3, -0.25) is 4.90 Å². The van der Waals surface area contributed by atoms with Crippen LogP contribution in [-0.4, -0.2) is 61.6 Å². The molecule has 2 aromatic carbocycles. The number of nitrogens with two attached hydrogens (primary N) is 1. The largest absolute Gasteiger partial charge is 0.383 e. The van der Waals surface area contributed by atoms with E-state index in [9.17, 15) is 0 Å². The third-order valence-electron chi connectivity index (χ3n) is 8.49. The molecule has 4 heterocycles. The van der Waals surface area contributed by atoms with Gasteiger partial charge in [0, 0.05) is 58.4 Å². The van der Waals surface area contributed by atoms with Gasteiger partial charge in [0.25, 0.3) is 0 Å². The Morgan fingerprint density at radius 3 is 2.55 bits per heavy atom. The van der Waals surface area contributed by atoms with E-state index in [0.717, 1.165) is 90.7 Å². The van der Waals surface area contributed by atoms with E-state index < -0.39 is 0 Å². The number of fused-ring (bicyclic) bond motifs is 2. The van der Waals surface area contributed by atoms with E-state index in [1.165, 1.54) is 0 Å². The molecule has 1 saturated carbocycles. The molecule has 2 N–H and O–H groups in total. The lowest BCUT2D eigenvalue weighted by Crippen LogP contribution is -2.45. The van der Waals surface area contributed by atoms with Crippen molar-refractivity contribution in [3.8, 4) is 11.3 Å². The minimum absolute atomic E-state index is 0.287. The lowest BCUT2D eigenvalue weighted by molar-refractivity contribution is 0.00520. The molecule has 2 aliphatic rings. The molecule has 3 aromatic heterocycles. The van der Waals surface area contributed by atoms with Crippen LogP contribution in [0.2, 0.25) is 10.0 Å². The van der Waals surface area contributed by atoms with E-state index in [4.69, 9.17) is 38.8 Å². The molecule has 5 aromatic rings. The Balaban J connectivity index is 1.20. The molecule has 1 saturated heterocycles. The maximum atomic E-state index is 6.44. The molecule has 1 aliphatic heterocycles. The molecular weight excluding hydrogens is 545 g/mol. The molecule has 1 aliphatic carbocycles. The normalized spacial score (nSPS) is 20.4. The predicted octanol–water partition coefficient (Wildman–Crippen LogP) is 6.20. The summed E-state index contributed by atoms with van der Waals surface area (Å²) in [5.41, 5.74) is 11.2. The zero-order valence-corrected chi connectivity index (χ0v) is 23.7. The highest BCUT2D eigenvalue weighted by molar-refractivity contribution is 6.33. The van der Waals surface area contributed by atoms with Crippen molar-refractivity contribution in [2.45, 2.75) is 44.3 Å². The molecule has 0 radical (unpaired) electrons. The van der Waals surface area contributed by atoms with Crippen LogP contribution < -0.4 is 5.73 Å². The first-order chi connectivity index (χ1) is 19.5. The number of nitrogen functional groups attached to an aromatic ring is 1. The van der Waals surface area contributed by atoms with Gasteiger partial charge < -0.3 is 15.0 Å². The van der Waals surface area contributed by atoms with Crippen molar-refractivity contribution in [2.75, 3.05) is 32.0 Å². The quantitative estimate of drug-likeness (QED) is 0.268. The lowest BCUT2D eigenvalue weighted by Gasteiger charge is -2.38. The Morgan fingerprint density at radius 2 is 1.73 bits per heavy atom. The maximum absolute atomic E-state index is 6.44. The fourth-order valence-electron chi connectivity index (χ4n) is 6.40. The van der Waals surface area contributed by atoms with Crippen LogP contribution in [0.1, 0.15) is 37.3 Å². The SMILES string of the molecule is Nc1ncnc2c1c(-c1ccc3c(ccn3Cc3cc(Cl)ccc3Cl)c1)nn2C1CCC(N2CCOCC2)CC1. The fourth-order valence-corrected chi connectivity index (χ4v) is 6.77. The first kappa shape index (κ1) is 25.8. The van der Waals surface area contributed by atoms with Crippen molar-refractivity contribution in [1.29, 1.82) is 0 Å². The summed E-state index contributed by atoms with van der Waals surface area (Å²) in [5, 5.41) is 8.46. The zero-order chi connectivity index (χ0) is 27.2. The van der Waals surface area contributed by atoms with E-state index in [1.807, 2.05) is 18.2 Å². The van der Waals surface area contributed by atoms with Crippen molar-refractivity contribution in [2.24, 2.45) is 0 Å². The number of ether oxygens (including phenoxy) is 1. The number of hydrogen-bond acceptors (Lipinski definition) is 6. The van der Waals surface area contributed by atoms with Gasteiger partial charge in [-0.2, -0.15) is 5.10 Å². The van der Waals surface area contributed by atoms with Gasteiger partial charge in [0.2, 0.25) is 0 Å².